The maximum Gasteiger partial charge on any atom is 0.407 e. The molecule has 6 rings (SSSR count). The highest BCUT2D eigenvalue weighted by Crippen LogP contribution is 2.33. The molecule has 3 fully saturated rings. The van der Waals surface area contributed by atoms with Crippen LogP contribution >= 0.6 is 0 Å². The lowest BCUT2D eigenvalue weighted by Crippen LogP contribution is -2.51. The first kappa shape index (κ1) is 33.9. The summed E-state index contributed by atoms with van der Waals surface area (Å²) >= 11 is 0. The number of carbonyl (C=O) groups excluding carboxylic acids is 1. The Bertz CT molecular complexity index is 1590. The predicted molar refractivity (Wildman–Crippen MR) is 176 cm³/mol. The van der Waals surface area contributed by atoms with E-state index in [4.69, 9.17) is 18.6 Å². The molecular weight excluding hydrogens is 622 g/mol. The van der Waals surface area contributed by atoms with Crippen molar-refractivity contribution in [2.24, 2.45) is 11.8 Å². The Balaban J connectivity index is 1.21. The third kappa shape index (κ3) is 8.18. The van der Waals surface area contributed by atoms with E-state index in [9.17, 15) is 18.3 Å². The molecule has 3 aliphatic rings. The number of carbonyl (C=O) groups is 1. The van der Waals surface area contributed by atoms with E-state index in [0.29, 0.717) is 18.7 Å². The number of piperidine rings is 1. The molecule has 1 aromatic heterocycles. The van der Waals surface area contributed by atoms with Crippen LogP contribution in [0.1, 0.15) is 50.7 Å². The molecule has 0 unspecified atom stereocenters. The molecule has 2 aromatic carbocycles. The summed E-state index contributed by atoms with van der Waals surface area (Å²) in [6.45, 7) is 7.38. The molecule has 4 heterocycles. The van der Waals surface area contributed by atoms with Gasteiger partial charge >= 0.3 is 6.09 Å². The normalized spacial score (nSPS) is 23.3. The average Bonchev–Trinajstić information content (AvgIpc) is 3.79. The maximum absolute atomic E-state index is 14.2. The number of ether oxygens (including phenoxy) is 3. The predicted octanol–water partition coefficient (Wildman–Crippen LogP) is 4.53. The molecule has 2 N–H and O–H groups in total. The first-order valence-corrected chi connectivity index (χ1v) is 18.3. The lowest BCUT2D eigenvalue weighted by atomic mass is 10.0. The Morgan fingerprint density at radius 2 is 1.87 bits per heavy atom. The van der Waals surface area contributed by atoms with Gasteiger partial charge in [-0.1, -0.05) is 50.6 Å². The van der Waals surface area contributed by atoms with Crippen molar-refractivity contribution in [1.82, 2.24) is 14.5 Å². The van der Waals surface area contributed by atoms with E-state index in [0.717, 1.165) is 48.9 Å². The van der Waals surface area contributed by atoms with Crippen molar-refractivity contribution in [3.63, 3.8) is 0 Å². The largest absolute Gasteiger partial charge is 0.464 e. The van der Waals surface area contributed by atoms with Gasteiger partial charge in [-0.3, -0.25) is 4.90 Å². The summed E-state index contributed by atoms with van der Waals surface area (Å²) < 4.78 is 52.5. The van der Waals surface area contributed by atoms with Crippen molar-refractivity contribution < 1.29 is 36.9 Å². The topological polar surface area (TPSA) is 131 Å². The van der Waals surface area contributed by atoms with Gasteiger partial charge in [0.15, 0.2) is 6.29 Å². The number of fused-ring (bicyclic) bond motifs is 2. The summed E-state index contributed by atoms with van der Waals surface area (Å²) in [4.78, 5) is 15.7. The monoisotopic (exact) mass is 669 g/mol. The summed E-state index contributed by atoms with van der Waals surface area (Å²) in [6.07, 6.45) is 3.56. The Hall–Kier alpha value is -3.00. The zero-order chi connectivity index (χ0) is 33.0. The van der Waals surface area contributed by atoms with Gasteiger partial charge in [0.05, 0.1) is 42.4 Å². The molecule has 3 saturated heterocycles. The van der Waals surface area contributed by atoms with Crippen LogP contribution in [0.15, 0.2) is 64.1 Å². The van der Waals surface area contributed by atoms with Crippen LogP contribution in [0.2, 0.25) is 0 Å². The van der Waals surface area contributed by atoms with Crippen molar-refractivity contribution >= 4 is 27.1 Å². The molecule has 1 amide bonds. The molecular formula is C35H47N3O8S. The second kappa shape index (κ2) is 15.0. The van der Waals surface area contributed by atoms with Crippen LogP contribution in [0.5, 0.6) is 0 Å². The van der Waals surface area contributed by atoms with Crippen LogP contribution in [0.25, 0.3) is 11.0 Å². The van der Waals surface area contributed by atoms with Crippen LogP contribution < -0.4 is 5.32 Å². The zero-order valence-corrected chi connectivity index (χ0v) is 28.1. The molecule has 3 aliphatic heterocycles. The van der Waals surface area contributed by atoms with Crippen molar-refractivity contribution in [1.29, 1.82) is 0 Å². The highest BCUT2D eigenvalue weighted by molar-refractivity contribution is 7.89. The third-order valence-electron chi connectivity index (χ3n) is 9.37. The smallest absolute Gasteiger partial charge is 0.407 e. The molecule has 12 heteroatoms. The number of furan rings is 1. The summed E-state index contributed by atoms with van der Waals surface area (Å²) in [6, 6.07) is 13.6. The summed E-state index contributed by atoms with van der Waals surface area (Å²) in [5.74, 6) is -0.0448. The van der Waals surface area contributed by atoms with Gasteiger partial charge in [0.1, 0.15) is 11.7 Å². The first-order chi connectivity index (χ1) is 22.7. The lowest BCUT2D eigenvalue weighted by molar-refractivity contribution is -0.0907. The fourth-order valence-corrected chi connectivity index (χ4v) is 8.54. The maximum atomic E-state index is 14.2. The summed E-state index contributed by atoms with van der Waals surface area (Å²) in [5, 5.41) is 15.3. The molecule has 0 radical (unpaired) electrons. The van der Waals surface area contributed by atoms with Gasteiger partial charge in [-0.25, -0.2) is 13.2 Å². The number of aliphatic hydroxyl groups is 1. The van der Waals surface area contributed by atoms with Crippen LogP contribution in [-0.4, -0.2) is 92.8 Å². The standard InChI is InChI=1S/C35H47N3O8S/c1-24(2)19-38(47(41,42)27-11-12-32-29(18-27)26(22-44-32)20-37-14-7-4-8-15-37)21-31(39)30(17-25-9-5-3-6-10-25)36-35(40)46-33-23-45-34-28(33)13-16-43-34/h3,5-6,9-12,18,22,24,28,30-31,33-34,39H,4,7-8,13-17,19-21,23H2,1-2H3,(H,36,40)/t28-,30-,31+,33-,34+/m0/s1. The number of nitrogens with zero attached hydrogens (tertiary/aromatic N) is 2. The van der Waals surface area contributed by atoms with Crippen molar-refractivity contribution in [3.05, 3.63) is 65.9 Å². The lowest BCUT2D eigenvalue weighted by Gasteiger charge is -2.31. The molecule has 47 heavy (non-hydrogen) atoms. The van der Waals surface area contributed by atoms with Gasteiger partial charge in [0.2, 0.25) is 10.0 Å². The van der Waals surface area contributed by atoms with Crippen molar-refractivity contribution in [2.75, 3.05) is 39.4 Å². The second-order valence-electron chi connectivity index (χ2n) is 13.4. The number of aliphatic hydroxyl groups excluding tert-OH is 1. The van der Waals surface area contributed by atoms with E-state index >= 15 is 0 Å². The fraction of sp³-hybridized carbons (Fsp3) is 0.571. The molecule has 3 aromatic rings. The minimum atomic E-state index is -4.03. The van der Waals surface area contributed by atoms with Crippen molar-refractivity contribution in [2.45, 2.75) is 81.9 Å². The third-order valence-corrected chi connectivity index (χ3v) is 11.2. The molecule has 0 bridgehead atoms. The Morgan fingerprint density at radius 1 is 1.09 bits per heavy atom. The van der Waals surface area contributed by atoms with Crippen molar-refractivity contribution in [3.8, 4) is 0 Å². The number of likely N-dealkylation sites (tertiary alicyclic amines) is 1. The van der Waals surface area contributed by atoms with Gasteiger partial charge in [0, 0.05) is 30.6 Å². The van der Waals surface area contributed by atoms with Crippen LogP contribution in [0, 0.1) is 11.8 Å². The van der Waals surface area contributed by atoms with Crippen LogP contribution in [0.3, 0.4) is 0 Å². The number of alkyl carbamates (subject to hydrolysis) is 1. The highest BCUT2D eigenvalue weighted by Gasteiger charge is 2.44. The minimum absolute atomic E-state index is 0.0151. The van der Waals surface area contributed by atoms with Gasteiger partial charge in [-0.05, 0) is 68.5 Å². The molecule has 0 spiro atoms. The Labute approximate surface area is 277 Å². The van der Waals surface area contributed by atoms with E-state index in [2.05, 4.69) is 10.2 Å². The van der Waals surface area contributed by atoms with E-state index in [1.807, 2.05) is 44.2 Å². The Morgan fingerprint density at radius 3 is 2.64 bits per heavy atom. The molecule has 0 aliphatic carbocycles. The molecule has 11 nitrogen and oxygen atoms in total. The summed E-state index contributed by atoms with van der Waals surface area (Å²) in [7, 11) is -4.03. The van der Waals surface area contributed by atoms with Gasteiger partial charge < -0.3 is 29.1 Å². The highest BCUT2D eigenvalue weighted by atomic mass is 32.2. The molecule has 0 saturated carbocycles. The van der Waals surface area contributed by atoms with E-state index in [-0.39, 0.29) is 49.1 Å². The van der Waals surface area contributed by atoms with Gasteiger partial charge in [0.25, 0.3) is 0 Å². The minimum Gasteiger partial charge on any atom is -0.464 e. The number of nitrogens with one attached hydrogen (secondary N) is 1. The van der Waals surface area contributed by atoms with E-state index < -0.39 is 34.4 Å². The number of hydrogen-bond acceptors (Lipinski definition) is 9. The number of rotatable bonds is 13. The number of benzene rings is 2. The van der Waals surface area contributed by atoms with Crippen LogP contribution in [0.4, 0.5) is 4.79 Å². The molecule has 256 valence electrons. The van der Waals surface area contributed by atoms with Gasteiger partial charge in [-0.15, -0.1) is 0 Å². The SMILES string of the molecule is CC(C)CN(C[C@@H](O)[C@H](Cc1ccccc1)NC(=O)O[C@H]1CO[C@H]2OCC[C@H]21)S(=O)(=O)c1ccc2occ(CN3CCCCC3)c2c1. The summed E-state index contributed by atoms with van der Waals surface area (Å²) in [5.41, 5.74) is 2.48. The first-order valence-electron chi connectivity index (χ1n) is 16.8. The number of amides is 1. The van der Waals surface area contributed by atoms with E-state index in [1.54, 1.807) is 24.5 Å². The zero-order valence-electron chi connectivity index (χ0n) is 27.3. The molecule has 5 atom stereocenters. The van der Waals surface area contributed by atoms with Crippen LogP contribution in [-0.2, 0) is 37.2 Å². The Kier molecular flexibility index (Phi) is 10.8. The second-order valence-corrected chi connectivity index (χ2v) is 15.4. The number of hydrogen-bond donors (Lipinski definition) is 2. The van der Waals surface area contributed by atoms with E-state index in [1.165, 1.54) is 10.7 Å². The fourth-order valence-electron chi connectivity index (χ4n) is 6.89. The number of sulfonamides is 1. The average molecular weight is 670 g/mol. The quantitative estimate of drug-likeness (QED) is 0.270. The van der Waals surface area contributed by atoms with Gasteiger partial charge in [-0.2, -0.15) is 4.31 Å².